The van der Waals surface area contributed by atoms with E-state index in [0.29, 0.717) is 5.75 Å². The number of carbonyl (C=O) groups is 1. The minimum absolute atomic E-state index is 0.0440. The molecule has 12 heavy (non-hydrogen) atoms. The fourth-order valence-corrected chi connectivity index (χ4v) is 1.43. The van der Waals surface area contributed by atoms with Crippen molar-refractivity contribution in [3.05, 3.63) is 30.1 Å². The van der Waals surface area contributed by atoms with Crippen molar-refractivity contribution in [2.45, 2.75) is 5.75 Å². The van der Waals surface area contributed by atoms with Crippen LogP contribution in [-0.2, 0) is 10.5 Å². The van der Waals surface area contributed by atoms with Gasteiger partial charge in [-0.1, -0.05) is 0 Å². The Hall–Kier alpha value is -1.03. The van der Waals surface area contributed by atoms with Gasteiger partial charge in [0.05, 0.1) is 5.97 Å². The molecule has 0 fully saturated rings. The predicted octanol–water partition coefficient (Wildman–Crippen LogP) is 0.0647. The molecule has 0 N–H and O–H groups in total. The molecule has 0 saturated carbocycles. The third-order valence-corrected chi connectivity index (χ3v) is 2.22. The van der Waals surface area contributed by atoms with Gasteiger partial charge in [0.15, 0.2) is 0 Å². The molecule has 1 aromatic rings. The van der Waals surface area contributed by atoms with E-state index in [9.17, 15) is 9.90 Å². The number of pyridine rings is 1. The molecule has 3 nitrogen and oxygen atoms in total. The Morgan fingerprint density at radius 3 is 2.75 bits per heavy atom. The molecule has 1 aromatic heterocycles. The zero-order valence-corrected chi connectivity index (χ0v) is 7.21. The van der Waals surface area contributed by atoms with Crippen molar-refractivity contribution in [3.8, 4) is 0 Å². The predicted molar refractivity (Wildman–Crippen MR) is 45.4 cm³/mol. The van der Waals surface area contributed by atoms with Crippen molar-refractivity contribution < 1.29 is 9.90 Å². The summed E-state index contributed by atoms with van der Waals surface area (Å²) in [6.45, 7) is 0. The van der Waals surface area contributed by atoms with Crippen LogP contribution < -0.4 is 5.11 Å². The fourth-order valence-electron chi connectivity index (χ4n) is 0.731. The molecule has 1 rings (SSSR count). The number of nitrogens with zero attached hydrogens (tertiary/aromatic N) is 1. The maximum absolute atomic E-state index is 10.0. The summed E-state index contributed by atoms with van der Waals surface area (Å²) in [5.74, 6) is -0.284. The fraction of sp³-hybridized carbons (Fsp3) is 0.250. The molecule has 0 radical (unpaired) electrons. The number of hydrogen-bond donors (Lipinski definition) is 0. The van der Waals surface area contributed by atoms with Gasteiger partial charge in [-0.25, -0.2) is 0 Å². The van der Waals surface area contributed by atoms with E-state index in [1.54, 1.807) is 12.4 Å². The van der Waals surface area contributed by atoms with Gasteiger partial charge in [0.25, 0.3) is 0 Å². The van der Waals surface area contributed by atoms with Crippen LogP contribution >= 0.6 is 11.8 Å². The lowest BCUT2D eigenvalue weighted by Gasteiger charge is -2.01. The molecule has 0 saturated heterocycles. The third kappa shape index (κ3) is 3.39. The van der Waals surface area contributed by atoms with Gasteiger partial charge in [0.2, 0.25) is 0 Å². The first-order valence-electron chi connectivity index (χ1n) is 3.45. The molecule has 0 amide bonds. The number of carboxylic acid groups (broad SMARTS) is 1. The maximum atomic E-state index is 10.0. The Balaban J connectivity index is 2.29. The van der Waals surface area contributed by atoms with Crippen LogP contribution in [0, 0.1) is 0 Å². The molecule has 0 spiro atoms. The first-order valence-corrected chi connectivity index (χ1v) is 4.61. The van der Waals surface area contributed by atoms with Crippen LogP contribution in [0.4, 0.5) is 0 Å². The van der Waals surface area contributed by atoms with E-state index in [1.807, 2.05) is 12.1 Å². The number of carbonyl (C=O) groups excluding carboxylic acids is 1. The summed E-state index contributed by atoms with van der Waals surface area (Å²) in [5, 5.41) is 10.0. The molecular weight excluding hydrogens is 174 g/mol. The van der Waals surface area contributed by atoms with Crippen LogP contribution in [0.25, 0.3) is 0 Å². The van der Waals surface area contributed by atoms with Gasteiger partial charge in [-0.3, -0.25) is 4.98 Å². The quantitative estimate of drug-likeness (QED) is 0.661. The lowest BCUT2D eigenvalue weighted by Crippen LogP contribution is -2.24. The summed E-state index contributed by atoms with van der Waals surface area (Å²) in [6.07, 6.45) is 3.38. The van der Waals surface area contributed by atoms with Crippen molar-refractivity contribution in [3.63, 3.8) is 0 Å². The van der Waals surface area contributed by atoms with Crippen LogP contribution in [0.15, 0.2) is 24.5 Å². The molecule has 4 heteroatoms. The Bertz CT molecular complexity index is 250. The van der Waals surface area contributed by atoms with Crippen LogP contribution in [0.2, 0.25) is 0 Å². The van der Waals surface area contributed by atoms with E-state index in [1.165, 1.54) is 11.8 Å². The molecule has 1 heterocycles. The highest BCUT2D eigenvalue weighted by atomic mass is 32.2. The molecule has 0 aromatic carbocycles. The number of aromatic nitrogens is 1. The smallest absolute Gasteiger partial charge is 0.0513 e. The Labute approximate surface area is 74.8 Å². The second kappa shape index (κ2) is 4.77. The summed E-state index contributed by atoms with van der Waals surface area (Å²) < 4.78 is 0. The number of carboxylic acids is 1. The highest BCUT2D eigenvalue weighted by molar-refractivity contribution is 7.99. The largest absolute Gasteiger partial charge is 0.549 e. The zero-order valence-electron chi connectivity index (χ0n) is 6.40. The van der Waals surface area contributed by atoms with Crippen LogP contribution in [0.3, 0.4) is 0 Å². The van der Waals surface area contributed by atoms with Gasteiger partial charge < -0.3 is 9.90 Å². The van der Waals surface area contributed by atoms with Gasteiger partial charge in [-0.15, -0.1) is 0 Å². The zero-order chi connectivity index (χ0) is 8.81. The average molecular weight is 182 g/mol. The maximum Gasteiger partial charge on any atom is 0.0513 e. The third-order valence-electron chi connectivity index (χ3n) is 1.24. The van der Waals surface area contributed by atoms with Gasteiger partial charge in [0, 0.05) is 23.9 Å². The van der Waals surface area contributed by atoms with E-state index in [-0.39, 0.29) is 5.75 Å². The molecule has 64 valence electrons. The van der Waals surface area contributed by atoms with Gasteiger partial charge >= 0.3 is 0 Å². The van der Waals surface area contributed by atoms with Crippen molar-refractivity contribution >= 4 is 17.7 Å². The molecule has 0 aliphatic rings. The second-order valence-corrected chi connectivity index (χ2v) is 3.21. The van der Waals surface area contributed by atoms with Gasteiger partial charge in [-0.05, 0) is 17.7 Å². The van der Waals surface area contributed by atoms with E-state index < -0.39 is 5.97 Å². The Morgan fingerprint density at radius 2 is 2.17 bits per heavy atom. The molecule has 0 unspecified atom stereocenters. The summed E-state index contributed by atoms with van der Waals surface area (Å²) >= 11 is 1.32. The number of thioether (sulfide) groups is 1. The summed E-state index contributed by atoms with van der Waals surface area (Å²) in [4.78, 5) is 13.9. The lowest BCUT2D eigenvalue weighted by atomic mass is 10.3. The number of aliphatic carboxylic acids is 1. The molecule has 0 atom stereocenters. The van der Waals surface area contributed by atoms with E-state index in [0.717, 1.165) is 5.56 Å². The first kappa shape index (κ1) is 9.06. The average Bonchev–Trinajstić information content (AvgIpc) is 2.05. The van der Waals surface area contributed by atoms with Crippen molar-refractivity contribution in [2.24, 2.45) is 0 Å². The number of rotatable bonds is 4. The van der Waals surface area contributed by atoms with Crippen molar-refractivity contribution in [1.82, 2.24) is 4.98 Å². The van der Waals surface area contributed by atoms with Crippen LogP contribution in [0.1, 0.15) is 5.56 Å². The summed E-state index contributed by atoms with van der Waals surface area (Å²) in [5.41, 5.74) is 1.08. The molecule has 0 aliphatic heterocycles. The molecule has 0 bridgehead atoms. The first-order chi connectivity index (χ1) is 5.79. The second-order valence-electron chi connectivity index (χ2n) is 2.22. The topological polar surface area (TPSA) is 53.0 Å². The summed E-state index contributed by atoms with van der Waals surface area (Å²) in [7, 11) is 0. The Morgan fingerprint density at radius 1 is 1.50 bits per heavy atom. The SMILES string of the molecule is O=C([O-])CSCc1ccncc1. The van der Waals surface area contributed by atoms with Gasteiger partial charge in [-0.2, -0.15) is 11.8 Å². The highest BCUT2D eigenvalue weighted by Gasteiger charge is 1.91. The minimum Gasteiger partial charge on any atom is -0.549 e. The van der Waals surface area contributed by atoms with E-state index in [2.05, 4.69) is 4.98 Å². The monoisotopic (exact) mass is 182 g/mol. The van der Waals surface area contributed by atoms with Crippen molar-refractivity contribution in [1.29, 1.82) is 0 Å². The van der Waals surface area contributed by atoms with E-state index >= 15 is 0 Å². The molecular formula is C8H8NO2S-. The minimum atomic E-state index is -1.02. The van der Waals surface area contributed by atoms with Crippen LogP contribution in [0.5, 0.6) is 0 Å². The molecule has 0 aliphatic carbocycles. The normalized spacial score (nSPS) is 9.67. The summed E-state index contributed by atoms with van der Waals surface area (Å²) in [6, 6.07) is 3.73. The van der Waals surface area contributed by atoms with Gasteiger partial charge in [0.1, 0.15) is 0 Å². The standard InChI is InChI=1S/C8H9NO2S/c10-8(11)6-12-5-7-1-3-9-4-2-7/h1-4H,5-6H2,(H,10,11)/p-1. The number of hydrogen-bond acceptors (Lipinski definition) is 4. The van der Waals surface area contributed by atoms with Crippen LogP contribution in [-0.4, -0.2) is 16.7 Å². The lowest BCUT2D eigenvalue weighted by molar-refractivity contribution is -0.301. The van der Waals surface area contributed by atoms with Crippen molar-refractivity contribution in [2.75, 3.05) is 5.75 Å². The highest BCUT2D eigenvalue weighted by Crippen LogP contribution is 2.09. The van der Waals surface area contributed by atoms with E-state index in [4.69, 9.17) is 0 Å². The Kier molecular flexibility index (Phi) is 3.60.